The molecule has 1 amide bonds. The number of likely N-dealkylation sites (tertiary alicyclic amines) is 1. The average molecular weight is 367 g/mol. The SMILES string of the molecule is COCCOC1CC2(CCN(C(=O)c3ccnnc3)CC2)c2ccccc21. The number of nitrogens with zero attached hydrogens (tertiary/aromatic N) is 3. The second kappa shape index (κ2) is 7.74. The second-order valence-electron chi connectivity index (χ2n) is 7.35. The summed E-state index contributed by atoms with van der Waals surface area (Å²) < 4.78 is 11.3. The quantitative estimate of drug-likeness (QED) is 0.761. The van der Waals surface area contributed by atoms with E-state index in [1.807, 2.05) is 4.90 Å². The molecule has 1 aromatic carbocycles. The van der Waals surface area contributed by atoms with Crippen LogP contribution in [0.25, 0.3) is 0 Å². The maximum absolute atomic E-state index is 12.7. The molecule has 2 aromatic rings. The van der Waals surface area contributed by atoms with Crippen molar-refractivity contribution in [2.75, 3.05) is 33.4 Å². The van der Waals surface area contributed by atoms with Crippen LogP contribution in [0.5, 0.6) is 0 Å². The Hall–Kier alpha value is -2.31. The fourth-order valence-corrected chi connectivity index (χ4v) is 4.47. The Morgan fingerprint density at radius 1 is 1.19 bits per heavy atom. The third-order valence-electron chi connectivity index (χ3n) is 5.90. The van der Waals surface area contributed by atoms with E-state index in [0.29, 0.717) is 18.8 Å². The minimum atomic E-state index is 0.0407. The molecule has 0 radical (unpaired) electrons. The highest BCUT2D eigenvalue weighted by molar-refractivity contribution is 5.93. The summed E-state index contributed by atoms with van der Waals surface area (Å²) in [5.41, 5.74) is 3.40. The Kier molecular flexibility index (Phi) is 5.18. The number of hydrogen-bond donors (Lipinski definition) is 0. The Balaban J connectivity index is 1.48. The molecule has 1 spiro atoms. The molecular formula is C21H25N3O3. The highest BCUT2D eigenvalue weighted by Gasteiger charge is 2.46. The lowest BCUT2D eigenvalue weighted by Crippen LogP contribution is -2.44. The van der Waals surface area contributed by atoms with Gasteiger partial charge in [-0.2, -0.15) is 10.2 Å². The zero-order chi connectivity index (χ0) is 18.7. The van der Waals surface area contributed by atoms with Crippen LogP contribution in [0.1, 0.15) is 46.9 Å². The Morgan fingerprint density at radius 3 is 2.74 bits per heavy atom. The van der Waals surface area contributed by atoms with Gasteiger partial charge in [-0.05, 0) is 36.5 Å². The van der Waals surface area contributed by atoms with Gasteiger partial charge in [0.1, 0.15) is 0 Å². The van der Waals surface area contributed by atoms with Crippen molar-refractivity contribution in [1.29, 1.82) is 0 Å². The van der Waals surface area contributed by atoms with Gasteiger partial charge in [-0.3, -0.25) is 4.79 Å². The van der Waals surface area contributed by atoms with Gasteiger partial charge in [0.25, 0.3) is 5.91 Å². The third kappa shape index (κ3) is 3.47. The lowest BCUT2D eigenvalue weighted by atomic mass is 9.73. The Bertz CT molecular complexity index is 788. The molecule has 0 N–H and O–H groups in total. The van der Waals surface area contributed by atoms with Crippen molar-refractivity contribution in [1.82, 2.24) is 15.1 Å². The summed E-state index contributed by atoms with van der Waals surface area (Å²) in [7, 11) is 1.69. The summed E-state index contributed by atoms with van der Waals surface area (Å²) >= 11 is 0. The van der Waals surface area contributed by atoms with Gasteiger partial charge in [0.15, 0.2) is 0 Å². The van der Waals surface area contributed by atoms with Crippen molar-refractivity contribution in [2.45, 2.75) is 30.8 Å². The predicted molar refractivity (Wildman–Crippen MR) is 100 cm³/mol. The van der Waals surface area contributed by atoms with E-state index in [1.165, 1.54) is 17.3 Å². The number of piperidine rings is 1. The smallest absolute Gasteiger partial charge is 0.255 e. The molecule has 27 heavy (non-hydrogen) atoms. The van der Waals surface area contributed by atoms with Gasteiger partial charge in [-0.15, -0.1) is 0 Å². The third-order valence-corrected chi connectivity index (χ3v) is 5.90. The monoisotopic (exact) mass is 367 g/mol. The summed E-state index contributed by atoms with van der Waals surface area (Å²) in [5, 5.41) is 7.57. The molecule has 1 aliphatic carbocycles. The summed E-state index contributed by atoms with van der Waals surface area (Å²) in [5.74, 6) is 0.0407. The highest BCUT2D eigenvalue weighted by Crippen LogP contribution is 2.52. The van der Waals surface area contributed by atoms with Gasteiger partial charge in [0.05, 0.1) is 37.3 Å². The van der Waals surface area contributed by atoms with E-state index >= 15 is 0 Å². The number of aromatic nitrogens is 2. The van der Waals surface area contributed by atoms with Crippen molar-refractivity contribution in [3.05, 3.63) is 59.4 Å². The number of amides is 1. The van der Waals surface area contributed by atoms with Crippen LogP contribution in [0.4, 0.5) is 0 Å². The van der Waals surface area contributed by atoms with E-state index in [9.17, 15) is 4.79 Å². The number of methoxy groups -OCH3 is 1. The van der Waals surface area contributed by atoms with Crippen LogP contribution in [0.3, 0.4) is 0 Å². The molecule has 1 aromatic heterocycles. The minimum Gasteiger partial charge on any atom is -0.382 e. The number of carbonyl (C=O) groups is 1. The van der Waals surface area contributed by atoms with Crippen molar-refractivity contribution in [2.24, 2.45) is 0 Å². The van der Waals surface area contributed by atoms with Crippen LogP contribution in [-0.2, 0) is 14.9 Å². The minimum absolute atomic E-state index is 0.0407. The normalized spacial score (nSPS) is 20.6. The van der Waals surface area contributed by atoms with E-state index in [1.54, 1.807) is 19.4 Å². The lowest BCUT2D eigenvalue weighted by molar-refractivity contribution is 0.00436. The zero-order valence-electron chi connectivity index (χ0n) is 15.6. The van der Waals surface area contributed by atoms with E-state index in [4.69, 9.17) is 9.47 Å². The molecule has 142 valence electrons. The first-order valence-corrected chi connectivity index (χ1v) is 9.49. The van der Waals surface area contributed by atoms with Crippen LogP contribution >= 0.6 is 0 Å². The van der Waals surface area contributed by atoms with Crippen molar-refractivity contribution < 1.29 is 14.3 Å². The molecule has 2 heterocycles. The van der Waals surface area contributed by atoms with Crippen LogP contribution in [0.15, 0.2) is 42.7 Å². The number of benzene rings is 1. The molecule has 0 saturated carbocycles. The highest BCUT2D eigenvalue weighted by atomic mass is 16.5. The molecule has 6 nitrogen and oxygen atoms in total. The number of fused-ring (bicyclic) bond motifs is 2. The first-order chi connectivity index (χ1) is 13.2. The number of hydrogen-bond acceptors (Lipinski definition) is 5. The fourth-order valence-electron chi connectivity index (χ4n) is 4.47. The fraction of sp³-hybridized carbons (Fsp3) is 0.476. The number of ether oxygens (including phenoxy) is 2. The Labute approximate surface area is 159 Å². The zero-order valence-corrected chi connectivity index (χ0v) is 15.6. The maximum Gasteiger partial charge on any atom is 0.255 e. The van der Waals surface area contributed by atoms with Gasteiger partial charge in [0, 0.05) is 25.6 Å². The van der Waals surface area contributed by atoms with E-state index in [-0.39, 0.29) is 17.4 Å². The van der Waals surface area contributed by atoms with Gasteiger partial charge in [-0.1, -0.05) is 24.3 Å². The number of rotatable bonds is 5. The summed E-state index contributed by atoms with van der Waals surface area (Å²) in [4.78, 5) is 14.6. The molecule has 1 fully saturated rings. The van der Waals surface area contributed by atoms with Gasteiger partial charge in [-0.25, -0.2) is 0 Å². The van der Waals surface area contributed by atoms with Crippen molar-refractivity contribution >= 4 is 5.91 Å². The molecule has 2 aliphatic rings. The van der Waals surface area contributed by atoms with Crippen LogP contribution in [-0.4, -0.2) is 54.4 Å². The first kappa shape index (κ1) is 18.1. The predicted octanol–water partition coefficient (Wildman–Crippen LogP) is 2.76. The largest absolute Gasteiger partial charge is 0.382 e. The topological polar surface area (TPSA) is 64.6 Å². The second-order valence-corrected chi connectivity index (χ2v) is 7.35. The van der Waals surface area contributed by atoms with Crippen molar-refractivity contribution in [3.8, 4) is 0 Å². The summed E-state index contributed by atoms with van der Waals surface area (Å²) in [6.45, 7) is 2.71. The van der Waals surface area contributed by atoms with Gasteiger partial charge < -0.3 is 14.4 Å². The van der Waals surface area contributed by atoms with E-state index in [2.05, 4.69) is 34.5 Å². The van der Waals surface area contributed by atoms with Crippen LogP contribution in [0, 0.1) is 0 Å². The van der Waals surface area contributed by atoms with Crippen LogP contribution in [0.2, 0.25) is 0 Å². The van der Waals surface area contributed by atoms with Crippen LogP contribution < -0.4 is 0 Å². The Morgan fingerprint density at radius 2 is 2.00 bits per heavy atom. The molecule has 1 unspecified atom stereocenters. The molecule has 0 bridgehead atoms. The van der Waals surface area contributed by atoms with E-state index in [0.717, 1.165) is 32.4 Å². The van der Waals surface area contributed by atoms with Gasteiger partial charge in [0.2, 0.25) is 0 Å². The molecule has 1 saturated heterocycles. The summed E-state index contributed by atoms with van der Waals surface area (Å²) in [6, 6.07) is 10.3. The lowest BCUT2D eigenvalue weighted by Gasteiger charge is -2.40. The average Bonchev–Trinajstić information content (AvgIpc) is 3.03. The molecule has 1 atom stereocenters. The first-order valence-electron chi connectivity index (χ1n) is 9.49. The summed E-state index contributed by atoms with van der Waals surface area (Å²) in [6.07, 6.45) is 6.11. The van der Waals surface area contributed by atoms with E-state index < -0.39 is 0 Å². The molecule has 6 heteroatoms. The number of carbonyl (C=O) groups excluding carboxylic acids is 1. The molecule has 4 rings (SSSR count). The maximum atomic E-state index is 12.7. The molecule has 1 aliphatic heterocycles. The van der Waals surface area contributed by atoms with Crippen molar-refractivity contribution in [3.63, 3.8) is 0 Å². The molecular weight excluding hydrogens is 342 g/mol. The van der Waals surface area contributed by atoms with Gasteiger partial charge >= 0.3 is 0 Å². The standard InChI is InChI=1S/C21H25N3O3/c1-26-12-13-27-19-14-21(18-5-3-2-4-17(18)19)7-10-24(11-8-21)20(25)16-6-9-22-23-15-16/h2-6,9,15,19H,7-8,10-14H2,1H3.